The van der Waals surface area contributed by atoms with Crippen LogP contribution in [0.25, 0.3) is 0 Å². The molecule has 0 bridgehead atoms. The zero-order valence-corrected chi connectivity index (χ0v) is 14.9. The highest BCUT2D eigenvalue weighted by Gasteiger charge is 2.29. The van der Waals surface area contributed by atoms with Gasteiger partial charge in [-0.15, -0.1) is 0 Å². The lowest BCUT2D eigenvalue weighted by Gasteiger charge is -2.24. The maximum atomic E-state index is 6.25. The van der Waals surface area contributed by atoms with Crippen LogP contribution in [0.1, 0.15) is 25.3 Å². The molecular weight excluding hydrogens is 314 g/mol. The Bertz CT molecular complexity index is 543. The van der Waals surface area contributed by atoms with E-state index in [0.717, 1.165) is 61.3 Å². The fraction of sp³-hybridized carbons (Fsp3) is 0.588. The molecule has 5 nitrogen and oxygen atoms in total. The normalized spacial score (nSPS) is 21.3. The average molecular weight is 340 g/mol. The number of benzene rings is 1. The zero-order valence-electron chi connectivity index (χ0n) is 14.1. The van der Waals surface area contributed by atoms with Gasteiger partial charge in [0.15, 0.2) is 5.96 Å². The second-order valence-corrected chi connectivity index (χ2v) is 6.37. The highest BCUT2D eigenvalue weighted by molar-refractivity contribution is 6.31. The highest BCUT2D eigenvalue weighted by atomic mass is 35.5. The average Bonchev–Trinajstić information content (AvgIpc) is 2.99. The number of ether oxygens (including phenoxy) is 2. The van der Waals surface area contributed by atoms with Crippen LogP contribution in [0.4, 0.5) is 0 Å². The van der Waals surface area contributed by atoms with Gasteiger partial charge >= 0.3 is 0 Å². The van der Waals surface area contributed by atoms with Crippen LogP contribution in [-0.4, -0.2) is 45.4 Å². The van der Waals surface area contributed by atoms with Crippen LogP contribution in [-0.2, 0) is 11.2 Å². The molecule has 2 rings (SSSR count). The Morgan fingerprint density at radius 3 is 2.87 bits per heavy atom. The van der Waals surface area contributed by atoms with E-state index in [9.17, 15) is 0 Å². The Labute approximate surface area is 143 Å². The van der Waals surface area contributed by atoms with Crippen LogP contribution in [0.2, 0.25) is 5.02 Å². The van der Waals surface area contributed by atoms with Gasteiger partial charge in [0.05, 0.1) is 12.7 Å². The summed E-state index contributed by atoms with van der Waals surface area (Å²) in [7, 11) is 3.41. The van der Waals surface area contributed by atoms with Gasteiger partial charge in [0.2, 0.25) is 0 Å². The second kappa shape index (κ2) is 8.41. The first-order valence-corrected chi connectivity index (χ1v) is 8.35. The topological polar surface area (TPSA) is 54.9 Å². The summed E-state index contributed by atoms with van der Waals surface area (Å²) in [6.45, 7) is 4.50. The predicted molar refractivity (Wildman–Crippen MR) is 94.7 cm³/mol. The minimum atomic E-state index is -0.0864. The van der Waals surface area contributed by atoms with Gasteiger partial charge in [0, 0.05) is 31.8 Å². The molecule has 0 aliphatic carbocycles. The number of rotatable bonds is 6. The minimum Gasteiger partial charge on any atom is -0.497 e. The molecule has 0 aromatic heterocycles. The Balaban J connectivity index is 1.77. The van der Waals surface area contributed by atoms with Crippen LogP contribution < -0.4 is 15.4 Å². The molecule has 0 saturated carbocycles. The summed E-state index contributed by atoms with van der Waals surface area (Å²) >= 11 is 6.25. The smallest absolute Gasteiger partial charge is 0.191 e. The molecule has 0 amide bonds. The second-order valence-electron chi connectivity index (χ2n) is 5.96. The fourth-order valence-corrected chi connectivity index (χ4v) is 2.91. The van der Waals surface area contributed by atoms with Crippen LogP contribution >= 0.6 is 11.6 Å². The van der Waals surface area contributed by atoms with Crippen molar-refractivity contribution < 1.29 is 9.47 Å². The molecule has 0 radical (unpaired) electrons. The van der Waals surface area contributed by atoms with Crippen molar-refractivity contribution in [1.29, 1.82) is 0 Å². The van der Waals surface area contributed by atoms with Gasteiger partial charge in [-0.3, -0.25) is 4.99 Å². The molecule has 2 N–H and O–H groups in total. The SMILES string of the molecule is CN=C(NCCc1ccc(OC)cc1Cl)NCC1(C)CCCO1. The quantitative estimate of drug-likeness (QED) is 0.618. The maximum Gasteiger partial charge on any atom is 0.191 e. The van der Waals surface area contributed by atoms with Crippen molar-refractivity contribution in [3.05, 3.63) is 28.8 Å². The van der Waals surface area contributed by atoms with Crippen LogP contribution in [0, 0.1) is 0 Å². The molecule has 1 atom stereocenters. The molecular formula is C17H26ClN3O2. The molecule has 1 saturated heterocycles. The Morgan fingerprint density at radius 1 is 1.43 bits per heavy atom. The third kappa shape index (κ3) is 5.29. The Hall–Kier alpha value is -1.46. The summed E-state index contributed by atoms with van der Waals surface area (Å²) in [6, 6.07) is 5.75. The van der Waals surface area contributed by atoms with E-state index in [4.69, 9.17) is 21.1 Å². The van der Waals surface area contributed by atoms with E-state index >= 15 is 0 Å². The number of halogens is 1. The van der Waals surface area contributed by atoms with E-state index in [1.165, 1.54) is 0 Å². The number of hydrogen-bond acceptors (Lipinski definition) is 3. The molecule has 128 valence electrons. The largest absolute Gasteiger partial charge is 0.497 e. The number of aliphatic imine (C=N–C) groups is 1. The number of nitrogens with one attached hydrogen (secondary N) is 2. The highest BCUT2D eigenvalue weighted by Crippen LogP contribution is 2.24. The Kier molecular flexibility index (Phi) is 6.54. The van der Waals surface area contributed by atoms with Gasteiger partial charge in [-0.2, -0.15) is 0 Å². The summed E-state index contributed by atoms with van der Waals surface area (Å²) in [4.78, 5) is 4.25. The van der Waals surface area contributed by atoms with E-state index < -0.39 is 0 Å². The number of nitrogens with zero attached hydrogens (tertiary/aromatic N) is 1. The lowest BCUT2D eigenvalue weighted by Crippen LogP contribution is -2.45. The third-order valence-electron chi connectivity index (χ3n) is 4.10. The molecule has 1 heterocycles. The molecule has 1 unspecified atom stereocenters. The van der Waals surface area contributed by atoms with E-state index in [-0.39, 0.29) is 5.60 Å². The van der Waals surface area contributed by atoms with Gasteiger partial charge in [-0.25, -0.2) is 0 Å². The molecule has 1 aliphatic rings. The van der Waals surface area contributed by atoms with Crippen molar-refractivity contribution >= 4 is 17.6 Å². The van der Waals surface area contributed by atoms with Gasteiger partial charge in [0.1, 0.15) is 5.75 Å². The van der Waals surface area contributed by atoms with Crippen molar-refractivity contribution in [2.45, 2.75) is 31.8 Å². The summed E-state index contributed by atoms with van der Waals surface area (Å²) in [6.07, 6.45) is 3.02. The summed E-state index contributed by atoms with van der Waals surface area (Å²) in [5, 5.41) is 7.36. The van der Waals surface area contributed by atoms with Crippen molar-refractivity contribution in [2.24, 2.45) is 4.99 Å². The third-order valence-corrected chi connectivity index (χ3v) is 4.45. The summed E-state index contributed by atoms with van der Waals surface area (Å²) < 4.78 is 10.9. The monoisotopic (exact) mass is 339 g/mol. The van der Waals surface area contributed by atoms with Crippen molar-refractivity contribution in [2.75, 3.05) is 33.9 Å². The summed E-state index contributed by atoms with van der Waals surface area (Å²) in [5.74, 6) is 1.56. The Morgan fingerprint density at radius 2 is 2.26 bits per heavy atom. The molecule has 1 aromatic carbocycles. The van der Waals surface area contributed by atoms with Crippen molar-refractivity contribution in [1.82, 2.24) is 10.6 Å². The molecule has 6 heteroatoms. The van der Waals surface area contributed by atoms with Crippen LogP contribution in [0.15, 0.2) is 23.2 Å². The molecule has 0 spiro atoms. The fourth-order valence-electron chi connectivity index (χ4n) is 2.64. The molecule has 1 fully saturated rings. The van der Waals surface area contributed by atoms with Gasteiger partial charge < -0.3 is 20.1 Å². The van der Waals surface area contributed by atoms with Crippen molar-refractivity contribution in [3.63, 3.8) is 0 Å². The predicted octanol–water partition coefficient (Wildman–Crippen LogP) is 2.63. The standard InChI is InChI=1S/C17H26ClN3O2/c1-17(8-4-10-23-17)12-21-16(19-2)20-9-7-13-5-6-14(22-3)11-15(13)18/h5-6,11H,4,7-10,12H2,1-3H3,(H2,19,20,21). The zero-order chi connectivity index (χ0) is 16.7. The first kappa shape index (κ1) is 17.9. The number of methoxy groups -OCH3 is 1. The van der Waals surface area contributed by atoms with E-state index in [2.05, 4.69) is 22.5 Å². The van der Waals surface area contributed by atoms with E-state index in [1.54, 1.807) is 14.2 Å². The summed E-state index contributed by atoms with van der Waals surface area (Å²) in [5.41, 5.74) is 0.998. The molecule has 1 aromatic rings. The van der Waals surface area contributed by atoms with Gasteiger partial charge in [-0.05, 0) is 43.9 Å². The number of guanidine groups is 1. The van der Waals surface area contributed by atoms with Crippen LogP contribution in [0.5, 0.6) is 5.75 Å². The van der Waals surface area contributed by atoms with Gasteiger partial charge in [0.25, 0.3) is 0 Å². The maximum absolute atomic E-state index is 6.25. The van der Waals surface area contributed by atoms with Crippen LogP contribution in [0.3, 0.4) is 0 Å². The van der Waals surface area contributed by atoms with E-state index in [1.807, 2.05) is 18.2 Å². The molecule has 23 heavy (non-hydrogen) atoms. The number of hydrogen-bond donors (Lipinski definition) is 2. The van der Waals surface area contributed by atoms with Crippen molar-refractivity contribution in [3.8, 4) is 5.75 Å². The van der Waals surface area contributed by atoms with Gasteiger partial charge in [-0.1, -0.05) is 17.7 Å². The lowest BCUT2D eigenvalue weighted by molar-refractivity contribution is 0.0243. The first-order chi connectivity index (χ1) is 11.1. The minimum absolute atomic E-state index is 0.0864. The van der Waals surface area contributed by atoms with E-state index in [0.29, 0.717) is 0 Å². The lowest BCUT2D eigenvalue weighted by atomic mass is 10.0. The molecule has 1 aliphatic heterocycles. The first-order valence-electron chi connectivity index (χ1n) is 7.97.